The van der Waals surface area contributed by atoms with E-state index in [1.807, 2.05) is 27.7 Å². The molecule has 1 fully saturated rings. The molecule has 0 N–H and O–H groups in total. The first kappa shape index (κ1) is 53.6. The molecule has 5 rings (SSSR count). The van der Waals surface area contributed by atoms with Crippen LogP contribution in [-0.2, 0) is 43.7 Å². The lowest BCUT2D eigenvalue weighted by molar-refractivity contribution is -0.145. The van der Waals surface area contributed by atoms with Crippen molar-refractivity contribution >= 4 is 64.0 Å². The lowest BCUT2D eigenvalue weighted by atomic mass is 9.81. The predicted molar refractivity (Wildman–Crippen MR) is 236 cm³/mol. The molecule has 0 amide bonds. The summed E-state index contributed by atoms with van der Waals surface area (Å²) in [6.07, 6.45) is -1.54. The summed E-state index contributed by atoms with van der Waals surface area (Å²) in [6.45, 7) is 30.0. The fourth-order valence-electron chi connectivity index (χ4n) is 4.41. The molecule has 0 radical (unpaired) electrons. The molecular formula is C40H54BCl3F6N6O4Si2. The second kappa shape index (κ2) is 19.8. The Balaban J connectivity index is 0.000000255. The van der Waals surface area contributed by atoms with Gasteiger partial charge in [0.1, 0.15) is 5.15 Å². The number of hydrogen-bond acceptors (Lipinski definition) is 10. The van der Waals surface area contributed by atoms with Gasteiger partial charge in [0.05, 0.1) is 35.1 Å². The summed E-state index contributed by atoms with van der Waals surface area (Å²) in [5, 5.41) is 1.73. The molecule has 4 aromatic rings. The topological polar surface area (TPSA) is 114 Å². The summed E-state index contributed by atoms with van der Waals surface area (Å²) in [5.74, 6) is -2.36. The summed E-state index contributed by atoms with van der Waals surface area (Å²) in [6, 6.07) is 3.23. The van der Waals surface area contributed by atoms with Gasteiger partial charge in [0, 0.05) is 64.4 Å². The molecule has 1 aliphatic rings. The van der Waals surface area contributed by atoms with Crippen molar-refractivity contribution in [3.8, 4) is 11.3 Å². The third kappa shape index (κ3) is 14.4. The molecule has 0 unspecified atom stereocenters. The van der Waals surface area contributed by atoms with Crippen LogP contribution in [0.2, 0.25) is 51.5 Å². The molecule has 62 heavy (non-hydrogen) atoms. The van der Waals surface area contributed by atoms with Crippen LogP contribution in [0.1, 0.15) is 92.0 Å². The Morgan fingerprint density at radius 1 is 0.581 bits per heavy atom. The zero-order valence-corrected chi connectivity index (χ0v) is 41.6. The standard InChI is InChI=1S/C17H21ClF3N3OSi.C12H19Cl2NOSi.C11H14BF3N2O2/c1-16(2,3)26(4,5)25-10-12-9-22-14(6-13(12)18)11-7-23-15(24-8-11)17(19,20)21;1-12(2,3)17(4,5)16-8-9-7-15-11(14)6-10(9)13;1-9(2)10(3,4)19-12(18-9)7-5-16-8(17-6-7)11(13,14)15/h6-9H,10H2,1-5H3;6-7H,8H2,1-5H3;5-6H,1-4H3. The minimum absolute atomic E-state index is 0.0738. The van der Waals surface area contributed by atoms with Crippen molar-refractivity contribution in [3.05, 3.63) is 87.3 Å². The van der Waals surface area contributed by atoms with Crippen molar-refractivity contribution in [2.75, 3.05) is 0 Å². The molecule has 0 aliphatic carbocycles. The molecular weight excluding hydrogens is 916 g/mol. The predicted octanol–water partition coefficient (Wildman–Crippen LogP) is 12.4. The van der Waals surface area contributed by atoms with Crippen molar-refractivity contribution in [3.63, 3.8) is 0 Å². The second-order valence-corrected chi connectivity index (χ2v) is 29.4. The monoisotopic (exact) mass is 968 g/mol. The molecule has 0 saturated carbocycles. The van der Waals surface area contributed by atoms with Gasteiger partial charge in [-0.3, -0.25) is 4.98 Å². The van der Waals surface area contributed by atoms with Gasteiger partial charge in [-0.25, -0.2) is 24.9 Å². The average Bonchev–Trinajstić information content (AvgIpc) is 3.35. The summed E-state index contributed by atoms with van der Waals surface area (Å²) in [4.78, 5) is 21.5. The minimum atomic E-state index is -4.57. The van der Waals surface area contributed by atoms with Crippen molar-refractivity contribution in [1.29, 1.82) is 0 Å². The van der Waals surface area contributed by atoms with Crippen LogP contribution in [0.4, 0.5) is 26.3 Å². The van der Waals surface area contributed by atoms with Crippen molar-refractivity contribution in [2.24, 2.45) is 0 Å². The largest absolute Gasteiger partial charge is 0.498 e. The molecule has 1 saturated heterocycles. The maximum absolute atomic E-state index is 12.5. The lowest BCUT2D eigenvalue weighted by Crippen LogP contribution is -2.41. The first-order valence-electron chi connectivity index (χ1n) is 19.3. The number of aromatic nitrogens is 6. The number of halogens is 9. The van der Waals surface area contributed by atoms with E-state index in [1.54, 1.807) is 24.5 Å². The normalized spacial score (nSPS) is 15.7. The van der Waals surface area contributed by atoms with E-state index < -0.39 is 59.0 Å². The molecule has 10 nitrogen and oxygen atoms in total. The zero-order valence-electron chi connectivity index (χ0n) is 37.3. The van der Waals surface area contributed by atoms with Crippen LogP contribution in [0.5, 0.6) is 0 Å². The third-order valence-electron chi connectivity index (χ3n) is 11.3. The van der Waals surface area contributed by atoms with Gasteiger partial charge >= 0.3 is 19.5 Å². The van der Waals surface area contributed by atoms with Crippen LogP contribution >= 0.6 is 34.8 Å². The lowest BCUT2D eigenvalue weighted by Gasteiger charge is -2.36. The van der Waals surface area contributed by atoms with E-state index in [1.165, 1.54) is 0 Å². The molecule has 5 heterocycles. The SMILES string of the molecule is CC(C)(C)[Si](C)(C)OCc1cnc(-c2cnc(C(F)(F)F)nc2)cc1Cl.CC(C)(C)[Si](C)(C)OCc1cnc(Cl)cc1Cl.CC1(C)OB(c2cnc(C(F)(F)F)nc2)OC1(C)C. The number of nitrogens with zero attached hydrogens (tertiary/aromatic N) is 6. The highest BCUT2D eigenvalue weighted by Crippen LogP contribution is 2.39. The fourth-order valence-corrected chi connectivity index (χ4v) is 6.93. The Morgan fingerprint density at radius 3 is 1.31 bits per heavy atom. The van der Waals surface area contributed by atoms with Gasteiger partial charge in [0.15, 0.2) is 16.6 Å². The van der Waals surface area contributed by atoms with Gasteiger partial charge in [-0.2, -0.15) is 26.3 Å². The Morgan fingerprint density at radius 2 is 0.952 bits per heavy atom. The van der Waals surface area contributed by atoms with E-state index in [0.717, 1.165) is 35.9 Å². The number of hydrogen-bond donors (Lipinski definition) is 0. The van der Waals surface area contributed by atoms with Crippen molar-refractivity contribution in [2.45, 2.75) is 142 Å². The van der Waals surface area contributed by atoms with Crippen LogP contribution in [-0.4, -0.2) is 64.9 Å². The van der Waals surface area contributed by atoms with Gasteiger partial charge in [-0.15, -0.1) is 0 Å². The highest BCUT2D eigenvalue weighted by atomic mass is 35.5. The fraction of sp³-hybridized carbons (Fsp3) is 0.550. The summed E-state index contributed by atoms with van der Waals surface area (Å²) in [5.41, 5.74) is 1.64. The van der Waals surface area contributed by atoms with E-state index in [-0.39, 0.29) is 10.1 Å². The van der Waals surface area contributed by atoms with Crippen LogP contribution in [0.25, 0.3) is 11.3 Å². The van der Waals surface area contributed by atoms with E-state index in [0.29, 0.717) is 45.1 Å². The van der Waals surface area contributed by atoms with Crippen LogP contribution in [0.15, 0.2) is 49.3 Å². The van der Waals surface area contributed by atoms with E-state index in [4.69, 9.17) is 53.0 Å². The van der Waals surface area contributed by atoms with Crippen LogP contribution < -0.4 is 5.46 Å². The molecule has 0 atom stereocenters. The quantitative estimate of drug-likeness (QED) is 0.0960. The molecule has 22 heteroatoms. The maximum atomic E-state index is 12.5. The summed E-state index contributed by atoms with van der Waals surface area (Å²) >= 11 is 18.1. The maximum Gasteiger partial charge on any atom is 0.498 e. The van der Waals surface area contributed by atoms with Gasteiger partial charge in [-0.1, -0.05) is 76.3 Å². The molecule has 4 aromatic heterocycles. The third-order valence-corrected chi connectivity index (χ3v) is 21.1. The first-order chi connectivity index (χ1) is 28.0. The highest BCUT2D eigenvalue weighted by Gasteiger charge is 2.52. The zero-order chi connectivity index (χ0) is 47.5. The molecule has 1 aliphatic heterocycles. The van der Waals surface area contributed by atoms with Crippen molar-refractivity contribution in [1.82, 2.24) is 29.9 Å². The molecule has 0 spiro atoms. The Kier molecular flexibility index (Phi) is 17.1. The number of rotatable bonds is 8. The summed E-state index contributed by atoms with van der Waals surface area (Å²) in [7, 11) is -4.43. The summed E-state index contributed by atoms with van der Waals surface area (Å²) < 4.78 is 98.2. The average molecular weight is 970 g/mol. The van der Waals surface area contributed by atoms with Gasteiger partial charge in [0.2, 0.25) is 11.6 Å². The Bertz CT molecular complexity index is 2110. The first-order valence-corrected chi connectivity index (χ1v) is 26.3. The molecule has 342 valence electrons. The minimum Gasteiger partial charge on any atom is -0.412 e. The van der Waals surface area contributed by atoms with E-state index in [2.05, 4.69) is 97.6 Å². The second-order valence-electron chi connectivity index (χ2n) is 18.6. The van der Waals surface area contributed by atoms with E-state index in [9.17, 15) is 26.3 Å². The van der Waals surface area contributed by atoms with Gasteiger partial charge < -0.3 is 18.2 Å². The van der Waals surface area contributed by atoms with E-state index >= 15 is 0 Å². The Hall–Kier alpha value is -2.75. The molecule has 0 aromatic carbocycles. The van der Waals surface area contributed by atoms with Crippen LogP contribution in [0, 0.1) is 0 Å². The highest BCUT2D eigenvalue weighted by molar-refractivity contribution is 6.74. The number of pyridine rings is 2. The smallest absolute Gasteiger partial charge is 0.412 e. The Labute approximate surface area is 377 Å². The number of alkyl halides is 6. The van der Waals surface area contributed by atoms with Crippen LogP contribution in [0.3, 0.4) is 0 Å². The molecule has 0 bridgehead atoms. The van der Waals surface area contributed by atoms with Gasteiger partial charge in [-0.05, 0) is 76.1 Å². The van der Waals surface area contributed by atoms with Gasteiger partial charge in [0.25, 0.3) is 0 Å². The van der Waals surface area contributed by atoms with Crippen molar-refractivity contribution < 1.29 is 44.5 Å².